The maximum Gasteiger partial charge on any atom is 0.408 e. The molecule has 0 fully saturated rings. The number of hydrogen-bond donors (Lipinski definition) is 1. The number of amides is 1. The van der Waals surface area contributed by atoms with E-state index in [4.69, 9.17) is 4.74 Å². The molecule has 0 spiro atoms. The van der Waals surface area contributed by atoms with E-state index in [0.717, 1.165) is 0 Å². The normalized spacial score (nSPS) is 13.9. The van der Waals surface area contributed by atoms with E-state index in [9.17, 15) is 14.4 Å². The van der Waals surface area contributed by atoms with Gasteiger partial charge in [0.05, 0.1) is 20.1 Å². The first kappa shape index (κ1) is 18.2. The highest BCUT2D eigenvalue weighted by Gasteiger charge is 2.29. The van der Waals surface area contributed by atoms with Crippen LogP contribution in [0.5, 0.6) is 0 Å². The summed E-state index contributed by atoms with van der Waals surface area (Å²) in [6, 6.07) is -0.969. The average Bonchev–Trinajstić information content (AvgIpc) is 2.33. The van der Waals surface area contributed by atoms with Crippen molar-refractivity contribution in [2.24, 2.45) is 5.92 Å². The van der Waals surface area contributed by atoms with Gasteiger partial charge in [0.25, 0.3) is 0 Å². The molecular weight excluding hydrogens is 266 g/mol. The standard InChI is InChI=1S/C13H23NO6/c1-8(10(15)18-5)7-9(11(16)19-6)14-12(17)20-13(2,3)4/h8-9H,7H2,1-6H3,(H,14,17)/t8-,9-/m1/s1. The molecule has 0 aromatic rings. The monoisotopic (exact) mass is 289 g/mol. The molecule has 0 saturated heterocycles. The molecule has 0 rings (SSSR count). The third-order valence-corrected chi connectivity index (χ3v) is 2.37. The summed E-state index contributed by atoms with van der Waals surface area (Å²) in [4.78, 5) is 34.6. The Hall–Kier alpha value is -1.79. The summed E-state index contributed by atoms with van der Waals surface area (Å²) in [5, 5.41) is 2.39. The lowest BCUT2D eigenvalue weighted by atomic mass is 10.0. The maximum absolute atomic E-state index is 11.7. The SMILES string of the molecule is COC(=O)[C@H](C)C[C@@H](NC(=O)OC(C)(C)C)C(=O)OC. The first-order chi connectivity index (χ1) is 9.10. The highest BCUT2D eigenvalue weighted by molar-refractivity contribution is 5.82. The summed E-state index contributed by atoms with van der Waals surface area (Å²) < 4.78 is 14.2. The van der Waals surface area contributed by atoms with Crippen LogP contribution < -0.4 is 5.32 Å². The number of esters is 2. The van der Waals surface area contributed by atoms with Crippen molar-refractivity contribution in [2.45, 2.75) is 45.8 Å². The van der Waals surface area contributed by atoms with Gasteiger partial charge in [-0.25, -0.2) is 9.59 Å². The number of alkyl carbamates (subject to hydrolysis) is 1. The number of rotatable bonds is 5. The highest BCUT2D eigenvalue weighted by atomic mass is 16.6. The predicted octanol–water partition coefficient (Wildman–Crippen LogP) is 1.25. The maximum atomic E-state index is 11.7. The highest BCUT2D eigenvalue weighted by Crippen LogP contribution is 2.11. The Kier molecular flexibility index (Phi) is 7.02. The zero-order valence-corrected chi connectivity index (χ0v) is 12.8. The fraction of sp³-hybridized carbons (Fsp3) is 0.769. The molecule has 0 aliphatic rings. The second kappa shape index (κ2) is 7.72. The number of hydrogen-bond acceptors (Lipinski definition) is 6. The molecule has 116 valence electrons. The van der Waals surface area contributed by atoms with Crippen LogP contribution in [0.25, 0.3) is 0 Å². The van der Waals surface area contributed by atoms with E-state index in [1.807, 2.05) is 0 Å². The van der Waals surface area contributed by atoms with Crippen molar-refractivity contribution in [3.05, 3.63) is 0 Å². The molecule has 0 aliphatic carbocycles. The Labute approximate surface area is 118 Å². The minimum Gasteiger partial charge on any atom is -0.469 e. The first-order valence-electron chi connectivity index (χ1n) is 6.26. The number of ether oxygens (including phenoxy) is 3. The lowest BCUT2D eigenvalue weighted by molar-refractivity contribution is -0.147. The van der Waals surface area contributed by atoms with E-state index >= 15 is 0 Å². The van der Waals surface area contributed by atoms with Crippen LogP contribution in [0.2, 0.25) is 0 Å². The van der Waals surface area contributed by atoms with Gasteiger partial charge in [0, 0.05) is 0 Å². The van der Waals surface area contributed by atoms with Gasteiger partial charge in [0.2, 0.25) is 0 Å². The Bertz CT molecular complexity index is 360. The van der Waals surface area contributed by atoms with Crippen LogP contribution in [0.4, 0.5) is 4.79 Å². The molecule has 0 saturated carbocycles. The van der Waals surface area contributed by atoms with Crippen molar-refractivity contribution in [2.75, 3.05) is 14.2 Å². The third kappa shape index (κ3) is 6.96. The van der Waals surface area contributed by atoms with Gasteiger partial charge in [-0.15, -0.1) is 0 Å². The molecule has 2 atom stereocenters. The van der Waals surface area contributed by atoms with Crippen LogP contribution in [0.1, 0.15) is 34.1 Å². The van der Waals surface area contributed by atoms with Crippen LogP contribution in [-0.2, 0) is 23.8 Å². The van der Waals surface area contributed by atoms with Gasteiger partial charge in [-0.3, -0.25) is 4.79 Å². The molecule has 0 heterocycles. The summed E-state index contributed by atoms with van der Waals surface area (Å²) in [6.07, 6.45) is -0.677. The van der Waals surface area contributed by atoms with Gasteiger partial charge in [-0.05, 0) is 27.2 Å². The van der Waals surface area contributed by atoms with Gasteiger partial charge in [-0.1, -0.05) is 6.92 Å². The van der Waals surface area contributed by atoms with Crippen molar-refractivity contribution in [1.29, 1.82) is 0 Å². The number of carbonyl (C=O) groups is 3. The molecule has 1 N–H and O–H groups in total. The van der Waals surface area contributed by atoms with Crippen molar-refractivity contribution < 1.29 is 28.6 Å². The molecule has 0 aromatic carbocycles. The van der Waals surface area contributed by atoms with E-state index in [-0.39, 0.29) is 6.42 Å². The first-order valence-corrected chi connectivity index (χ1v) is 6.26. The fourth-order valence-electron chi connectivity index (χ4n) is 1.46. The molecule has 1 amide bonds. The van der Waals surface area contributed by atoms with Crippen LogP contribution in [0.3, 0.4) is 0 Å². The van der Waals surface area contributed by atoms with Gasteiger partial charge in [0.1, 0.15) is 11.6 Å². The van der Waals surface area contributed by atoms with Gasteiger partial charge < -0.3 is 19.5 Å². The quantitative estimate of drug-likeness (QED) is 0.605. The third-order valence-electron chi connectivity index (χ3n) is 2.37. The smallest absolute Gasteiger partial charge is 0.408 e. The summed E-state index contributed by atoms with van der Waals surface area (Å²) in [5.41, 5.74) is -0.682. The minimum absolute atomic E-state index is 0.0680. The van der Waals surface area contributed by atoms with E-state index in [1.165, 1.54) is 14.2 Å². The fourth-order valence-corrected chi connectivity index (χ4v) is 1.46. The topological polar surface area (TPSA) is 90.9 Å². The number of carbonyl (C=O) groups excluding carboxylic acids is 3. The molecule has 0 radical (unpaired) electrons. The van der Waals surface area contributed by atoms with Gasteiger partial charge >= 0.3 is 18.0 Å². The molecule has 7 nitrogen and oxygen atoms in total. The Morgan fingerprint density at radius 2 is 1.55 bits per heavy atom. The molecular formula is C13H23NO6. The van der Waals surface area contributed by atoms with Crippen LogP contribution in [-0.4, -0.2) is 43.9 Å². The van der Waals surface area contributed by atoms with Crippen molar-refractivity contribution in [1.82, 2.24) is 5.32 Å². The van der Waals surface area contributed by atoms with Crippen molar-refractivity contribution in [3.8, 4) is 0 Å². The number of nitrogens with one attached hydrogen (secondary N) is 1. The van der Waals surface area contributed by atoms with Gasteiger partial charge in [0.15, 0.2) is 0 Å². The summed E-state index contributed by atoms with van der Waals surface area (Å²) >= 11 is 0. The van der Waals surface area contributed by atoms with Crippen LogP contribution in [0.15, 0.2) is 0 Å². The lowest BCUT2D eigenvalue weighted by Crippen LogP contribution is -2.45. The predicted molar refractivity (Wildman–Crippen MR) is 71.0 cm³/mol. The van der Waals surface area contributed by atoms with Crippen molar-refractivity contribution >= 4 is 18.0 Å². The summed E-state index contributed by atoms with van der Waals surface area (Å²) in [6.45, 7) is 6.71. The lowest BCUT2D eigenvalue weighted by Gasteiger charge is -2.23. The Morgan fingerprint density at radius 1 is 1.05 bits per heavy atom. The van der Waals surface area contributed by atoms with Crippen molar-refractivity contribution in [3.63, 3.8) is 0 Å². The van der Waals surface area contributed by atoms with Crippen LogP contribution in [0, 0.1) is 5.92 Å². The molecule has 0 aromatic heterocycles. The molecule has 0 unspecified atom stereocenters. The summed E-state index contributed by atoms with van der Waals surface area (Å²) in [5.74, 6) is -1.67. The van der Waals surface area contributed by atoms with E-state index in [0.29, 0.717) is 0 Å². The van der Waals surface area contributed by atoms with E-state index < -0.39 is 35.6 Å². The molecule has 0 bridgehead atoms. The second-order valence-electron chi connectivity index (χ2n) is 5.38. The van der Waals surface area contributed by atoms with E-state index in [2.05, 4.69) is 14.8 Å². The minimum atomic E-state index is -0.969. The molecule has 7 heteroatoms. The second-order valence-corrected chi connectivity index (χ2v) is 5.38. The Morgan fingerprint density at radius 3 is 1.95 bits per heavy atom. The zero-order chi connectivity index (χ0) is 15.9. The molecule has 0 aliphatic heterocycles. The Balaban J connectivity index is 4.70. The van der Waals surface area contributed by atoms with Crippen LogP contribution >= 0.6 is 0 Å². The number of methoxy groups -OCH3 is 2. The summed E-state index contributed by atoms with van der Waals surface area (Å²) in [7, 11) is 2.46. The largest absolute Gasteiger partial charge is 0.469 e. The van der Waals surface area contributed by atoms with Gasteiger partial charge in [-0.2, -0.15) is 0 Å². The zero-order valence-electron chi connectivity index (χ0n) is 12.8. The molecule has 20 heavy (non-hydrogen) atoms. The van der Waals surface area contributed by atoms with E-state index in [1.54, 1.807) is 27.7 Å². The average molecular weight is 289 g/mol.